The third-order valence-electron chi connectivity index (χ3n) is 6.32. The lowest BCUT2D eigenvalue weighted by Crippen LogP contribution is -2.33. The highest BCUT2D eigenvalue weighted by molar-refractivity contribution is 6.04. The minimum atomic E-state index is -4.40. The minimum Gasteiger partial charge on any atom is -0.358 e. The molecule has 0 bridgehead atoms. The van der Waals surface area contributed by atoms with Crippen LogP contribution in [0.5, 0.6) is 0 Å². The Morgan fingerprint density at radius 1 is 0.935 bits per heavy atom. The van der Waals surface area contributed by atoms with Crippen molar-refractivity contribution >= 4 is 22.2 Å². The van der Waals surface area contributed by atoms with Crippen molar-refractivity contribution in [3.8, 4) is 0 Å². The van der Waals surface area contributed by atoms with Crippen molar-refractivity contribution in [1.82, 2.24) is 0 Å². The van der Waals surface area contributed by atoms with Crippen LogP contribution in [0.1, 0.15) is 49.3 Å². The number of ketones is 1. The smallest absolute Gasteiger partial charge is 0.358 e. The lowest BCUT2D eigenvalue weighted by molar-refractivity contribution is -0.137. The third kappa shape index (κ3) is 3.32. The Labute approximate surface area is 178 Å². The van der Waals surface area contributed by atoms with E-state index in [0.29, 0.717) is 17.6 Å². The van der Waals surface area contributed by atoms with E-state index in [2.05, 4.69) is 19.2 Å². The number of nitrogens with one attached hydrogen (secondary N) is 1. The van der Waals surface area contributed by atoms with Gasteiger partial charge in [-0.25, -0.2) is 0 Å². The summed E-state index contributed by atoms with van der Waals surface area (Å²) in [6.45, 7) is 4.14. The van der Waals surface area contributed by atoms with Crippen molar-refractivity contribution in [2.24, 2.45) is 5.41 Å². The Bertz CT molecular complexity index is 1240. The van der Waals surface area contributed by atoms with E-state index in [-0.39, 0.29) is 11.2 Å². The average molecular weight is 421 g/mol. The number of allylic oxidation sites excluding steroid dienone is 2. The summed E-state index contributed by atoms with van der Waals surface area (Å²) in [6.07, 6.45) is -3.26. The Morgan fingerprint density at radius 3 is 2.35 bits per heavy atom. The number of anilines is 1. The van der Waals surface area contributed by atoms with Crippen LogP contribution in [-0.4, -0.2) is 5.78 Å². The monoisotopic (exact) mass is 421 g/mol. The van der Waals surface area contributed by atoms with Crippen molar-refractivity contribution in [2.45, 2.75) is 38.8 Å². The first kappa shape index (κ1) is 19.9. The van der Waals surface area contributed by atoms with E-state index in [4.69, 9.17) is 0 Å². The van der Waals surface area contributed by atoms with Crippen LogP contribution in [0.3, 0.4) is 0 Å². The summed E-state index contributed by atoms with van der Waals surface area (Å²) in [6, 6.07) is 17.2. The molecule has 2 nitrogen and oxygen atoms in total. The van der Waals surface area contributed by atoms with Crippen LogP contribution < -0.4 is 5.32 Å². The normalized spacial score (nSPS) is 20.3. The van der Waals surface area contributed by atoms with Gasteiger partial charge in [0.25, 0.3) is 0 Å². The lowest BCUT2D eigenvalue weighted by Gasteiger charge is -2.40. The Kier molecular flexibility index (Phi) is 4.30. The van der Waals surface area contributed by atoms with Crippen LogP contribution in [0.4, 0.5) is 18.9 Å². The van der Waals surface area contributed by atoms with Crippen LogP contribution in [0.25, 0.3) is 10.8 Å². The van der Waals surface area contributed by atoms with Gasteiger partial charge in [0.15, 0.2) is 5.78 Å². The Balaban J connectivity index is 1.76. The molecule has 0 saturated heterocycles. The van der Waals surface area contributed by atoms with Gasteiger partial charge in [0.05, 0.1) is 5.56 Å². The molecular weight excluding hydrogens is 399 g/mol. The molecule has 0 fully saturated rings. The van der Waals surface area contributed by atoms with Crippen LogP contribution >= 0.6 is 0 Å². The van der Waals surface area contributed by atoms with E-state index in [9.17, 15) is 18.0 Å². The average Bonchev–Trinajstić information content (AvgIpc) is 2.70. The zero-order chi connectivity index (χ0) is 22.0. The van der Waals surface area contributed by atoms with E-state index < -0.39 is 17.7 Å². The number of carbonyl (C=O) groups is 1. The summed E-state index contributed by atoms with van der Waals surface area (Å²) in [5, 5.41) is 5.53. The molecule has 0 aromatic heterocycles. The highest BCUT2D eigenvalue weighted by atomic mass is 19.4. The highest BCUT2D eigenvalue weighted by Crippen LogP contribution is 2.51. The standard InChI is InChI=1S/C26H22F3NO/c1-25(2)13-20-24(21(31)14-25)22(16-7-10-17(11-8-16)26(27,28)29)23-18-6-4-3-5-15(18)9-12-19(23)30-20/h3-12,22,30H,13-14H2,1-2H3/t22-/m0/s1. The summed E-state index contributed by atoms with van der Waals surface area (Å²) < 4.78 is 39.5. The molecule has 5 rings (SSSR count). The van der Waals surface area contributed by atoms with Gasteiger partial charge in [0, 0.05) is 29.3 Å². The SMILES string of the molecule is CC1(C)CC(=O)C2=C(C1)Nc1ccc3ccccc3c1[C@@H]2c1ccc(C(F)(F)F)cc1. The van der Waals surface area contributed by atoms with Crippen molar-refractivity contribution < 1.29 is 18.0 Å². The molecule has 0 amide bonds. The molecule has 3 aromatic rings. The molecule has 0 saturated carbocycles. The van der Waals surface area contributed by atoms with Gasteiger partial charge in [-0.2, -0.15) is 13.2 Å². The van der Waals surface area contributed by atoms with E-state index in [1.54, 1.807) is 0 Å². The van der Waals surface area contributed by atoms with Gasteiger partial charge in [-0.3, -0.25) is 4.79 Å². The van der Waals surface area contributed by atoms with Crippen LogP contribution in [-0.2, 0) is 11.0 Å². The van der Waals surface area contributed by atoms with E-state index >= 15 is 0 Å². The topological polar surface area (TPSA) is 29.1 Å². The molecule has 1 aliphatic carbocycles. The van der Waals surface area contributed by atoms with Crippen molar-refractivity contribution in [1.29, 1.82) is 0 Å². The molecule has 0 unspecified atom stereocenters. The molecule has 0 radical (unpaired) electrons. The van der Waals surface area contributed by atoms with E-state index in [1.807, 2.05) is 36.4 Å². The number of alkyl halides is 3. The second kappa shape index (κ2) is 6.71. The molecule has 158 valence electrons. The van der Waals surface area contributed by atoms with E-state index in [0.717, 1.165) is 46.3 Å². The first-order valence-electron chi connectivity index (χ1n) is 10.4. The molecule has 2 aliphatic rings. The zero-order valence-corrected chi connectivity index (χ0v) is 17.3. The number of rotatable bonds is 1. The Hall–Kier alpha value is -3.08. The number of Topliss-reactive ketones (excluding diaryl/α,β-unsaturated/α-hetero) is 1. The van der Waals surface area contributed by atoms with Gasteiger partial charge < -0.3 is 5.32 Å². The van der Waals surface area contributed by atoms with Gasteiger partial charge in [0.2, 0.25) is 0 Å². The lowest BCUT2D eigenvalue weighted by atomic mass is 9.68. The summed E-state index contributed by atoms with van der Waals surface area (Å²) in [7, 11) is 0. The van der Waals surface area contributed by atoms with Crippen molar-refractivity contribution in [2.75, 3.05) is 5.32 Å². The Morgan fingerprint density at radius 2 is 1.65 bits per heavy atom. The predicted molar refractivity (Wildman–Crippen MR) is 116 cm³/mol. The molecule has 3 aromatic carbocycles. The fourth-order valence-corrected chi connectivity index (χ4v) is 5.00. The van der Waals surface area contributed by atoms with E-state index in [1.165, 1.54) is 12.1 Å². The molecule has 5 heteroatoms. The maximum Gasteiger partial charge on any atom is 0.416 e. The maximum atomic E-state index is 13.3. The first-order valence-corrected chi connectivity index (χ1v) is 10.4. The number of hydrogen-bond donors (Lipinski definition) is 1. The first-order chi connectivity index (χ1) is 14.6. The summed E-state index contributed by atoms with van der Waals surface area (Å²) in [4.78, 5) is 13.3. The van der Waals surface area contributed by atoms with Gasteiger partial charge in [-0.15, -0.1) is 0 Å². The fourth-order valence-electron chi connectivity index (χ4n) is 5.00. The van der Waals surface area contributed by atoms with Gasteiger partial charge in [0.1, 0.15) is 0 Å². The second-order valence-electron chi connectivity index (χ2n) is 9.26. The van der Waals surface area contributed by atoms with Gasteiger partial charge >= 0.3 is 6.18 Å². The minimum absolute atomic E-state index is 0.0576. The molecule has 0 spiro atoms. The summed E-state index contributed by atoms with van der Waals surface area (Å²) >= 11 is 0. The van der Waals surface area contributed by atoms with Gasteiger partial charge in [-0.05, 0) is 51.9 Å². The largest absolute Gasteiger partial charge is 0.416 e. The number of hydrogen-bond acceptors (Lipinski definition) is 2. The molecule has 1 aliphatic heterocycles. The molecule has 1 N–H and O–H groups in total. The third-order valence-corrected chi connectivity index (χ3v) is 6.32. The molecule has 1 heterocycles. The van der Waals surface area contributed by atoms with Crippen LogP contribution in [0.15, 0.2) is 71.9 Å². The summed E-state index contributed by atoms with van der Waals surface area (Å²) in [5.74, 6) is -0.342. The van der Waals surface area contributed by atoms with Gasteiger partial charge in [-0.1, -0.05) is 56.3 Å². The van der Waals surface area contributed by atoms with Crippen molar-refractivity contribution in [3.63, 3.8) is 0 Å². The molecule has 31 heavy (non-hydrogen) atoms. The van der Waals surface area contributed by atoms with Crippen molar-refractivity contribution in [3.05, 3.63) is 88.6 Å². The second-order valence-corrected chi connectivity index (χ2v) is 9.26. The zero-order valence-electron chi connectivity index (χ0n) is 17.3. The predicted octanol–water partition coefficient (Wildman–Crippen LogP) is 7.06. The number of benzene rings is 3. The number of halogens is 3. The molecular formula is C26H22F3NO. The molecule has 1 atom stereocenters. The number of fused-ring (bicyclic) bond motifs is 3. The summed E-state index contributed by atoms with van der Waals surface area (Å²) in [5.41, 5.74) is 3.28. The fraction of sp³-hybridized carbons (Fsp3) is 0.269. The maximum absolute atomic E-state index is 13.3. The van der Waals surface area contributed by atoms with Crippen LogP contribution in [0, 0.1) is 5.41 Å². The highest BCUT2D eigenvalue weighted by Gasteiger charge is 2.41. The quantitative estimate of drug-likeness (QED) is 0.456. The number of carbonyl (C=O) groups excluding carboxylic acids is 1. The van der Waals surface area contributed by atoms with Crippen LogP contribution in [0.2, 0.25) is 0 Å².